The summed E-state index contributed by atoms with van der Waals surface area (Å²) in [6.45, 7) is 2.03. The fourth-order valence-electron chi connectivity index (χ4n) is 1.97. The second kappa shape index (κ2) is 6.02. The molecule has 0 saturated heterocycles. The zero-order valence-electron chi connectivity index (χ0n) is 9.21. The first-order valence-corrected chi connectivity index (χ1v) is 5.58. The number of hydrogen-bond acceptors (Lipinski definition) is 2. The van der Waals surface area contributed by atoms with E-state index in [-0.39, 0.29) is 5.91 Å². The maximum absolute atomic E-state index is 11.3. The van der Waals surface area contributed by atoms with Crippen LogP contribution in [0.5, 0.6) is 0 Å². The predicted octanol–water partition coefficient (Wildman–Crippen LogP) is 1.86. The predicted molar refractivity (Wildman–Crippen MR) is 56.1 cm³/mol. The zero-order valence-corrected chi connectivity index (χ0v) is 9.21. The largest absolute Gasteiger partial charge is 0.381 e. The summed E-state index contributed by atoms with van der Waals surface area (Å²) in [5, 5.41) is 3.07. The molecule has 0 spiro atoms. The van der Waals surface area contributed by atoms with Gasteiger partial charge in [0, 0.05) is 19.6 Å². The van der Waals surface area contributed by atoms with Crippen LogP contribution < -0.4 is 5.32 Å². The van der Waals surface area contributed by atoms with E-state index >= 15 is 0 Å². The number of rotatable bonds is 4. The fraction of sp³-hybridized carbons (Fsp3) is 0.909. The van der Waals surface area contributed by atoms with Gasteiger partial charge in [-0.2, -0.15) is 0 Å². The molecule has 1 aliphatic rings. The minimum atomic E-state index is 0.202. The Morgan fingerprint density at radius 3 is 2.50 bits per heavy atom. The normalized spacial score (nSPS) is 27.3. The summed E-state index contributed by atoms with van der Waals surface area (Å²) in [6.07, 6.45) is 6.28. The zero-order chi connectivity index (χ0) is 10.4. The third-order valence-electron chi connectivity index (χ3n) is 2.85. The molecule has 14 heavy (non-hydrogen) atoms. The van der Waals surface area contributed by atoms with Crippen LogP contribution in [-0.2, 0) is 9.53 Å². The molecule has 0 atom stereocenters. The van der Waals surface area contributed by atoms with Crippen molar-refractivity contribution in [3.8, 4) is 0 Å². The van der Waals surface area contributed by atoms with Crippen LogP contribution >= 0.6 is 0 Å². The number of amides is 1. The van der Waals surface area contributed by atoms with Gasteiger partial charge in [0.15, 0.2) is 0 Å². The van der Waals surface area contributed by atoms with Crippen LogP contribution in [0, 0.1) is 0 Å². The van der Waals surface area contributed by atoms with Gasteiger partial charge < -0.3 is 10.1 Å². The van der Waals surface area contributed by atoms with Crippen LogP contribution in [0.4, 0.5) is 0 Å². The number of ether oxygens (including phenoxy) is 1. The Balaban J connectivity index is 2.18. The maximum Gasteiger partial charge on any atom is 0.220 e. The average Bonchev–Trinajstić information content (AvgIpc) is 2.19. The third-order valence-corrected chi connectivity index (χ3v) is 2.85. The van der Waals surface area contributed by atoms with E-state index in [1.54, 1.807) is 7.11 Å². The van der Waals surface area contributed by atoms with Gasteiger partial charge in [0.2, 0.25) is 5.91 Å². The van der Waals surface area contributed by atoms with Gasteiger partial charge in [0.1, 0.15) is 0 Å². The van der Waals surface area contributed by atoms with Crippen molar-refractivity contribution in [3.05, 3.63) is 0 Å². The van der Waals surface area contributed by atoms with E-state index < -0.39 is 0 Å². The molecule has 0 bridgehead atoms. The molecular weight excluding hydrogens is 178 g/mol. The van der Waals surface area contributed by atoms with Crippen molar-refractivity contribution in [2.75, 3.05) is 7.11 Å². The fourth-order valence-corrected chi connectivity index (χ4v) is 1.97. The van der Waals surface area contributed by atoms with Crippen molar-refractivity contribution in [1.29, 1.82) is 0 Å². The summed E-state index contributed by atoms with van der Waals surface area (Å²) < 4.78 is 5.28. The van der Waals surface area contributed by atoms with Crippen LogP contribution in [0.25, 0.3) is 0 Å². The van der Waals surface area contributed by atoms with Gasteiger partial charge in [-0.3, -0.25) is 4.79 Å². The lowest BCUT2D eigenvalue weighted by Gasteiger charge is -2.28. The van der Waals surface area contributed by atoms with Crippen molar-refractivity contribution >= 4 is 5.91 Å². The summed E-state index contributed by atoms with van der Waals surface area (Å²) in [7, 11) is 1.76. The Morgan fingerprint density at radius 1 is 1.36 bits per heavy atom. The maximum atomic E-state index is 11.3. The molecule has 1 aliphatic carbocycles. The highest BCUT2D eigenvalue weighted by molar-refractivity contribution is 5.76. The van der Waals surface area contributed by atoms with E-state index in [0.29, 0.717) is 18.6 Å². The molecule has 1 saturated carbocycles. The lowest BCUT2D eigenvalue weighted by Crippen LogP contribution is -2.38. The monoisotopic (exact) mass is 199 g/mol. The summed E-state index contributed by atoms with van der Waals surface area (Å²) in [4.78, 5) is 11.3. The first kappa shape index (κ1) is 11.5. The Morgan fingerprint density at radius 2 is 2.00 bits per heavy atom. The van der Waals surface area contributed by atoms with Crippen molar-refractivity contribution in [2.24, 2.45) is 0 Å². The minimum absolute atomic E-state index is 0.202. The van der Waals surface area contributed by atoms with Crippen molar-refractivity contribution in [3.63, 3.8) is 0 Å². The van der Waals surface area contributed by atoms with Crippen molar-refractivity contribution in [2.45, 2.75) is 57.6 Å². The summed E-state index contributed by atoms with van der Waals surface area (Å²) in [6, 6.07) is 0.389. The Labute approximate surface area is 86.2 Å². The van der Waals surface area contributed by atoms with Crippen LogP contribution in [-0.4, -0.2) is 25.2 Å². The summed E-state index contributed by atoms with van der Waals surface area (Å²) >= 11 is 0. The van der Waals surface area contributed by atoms with Crippen LogP contribution in [0.2, 0.25) is 0 Å². The first-order chi connectivity index (χ1) is 6.76. The smallest absolute Gasteiger partial charge is 0.220 e. The highest BCUT2D eigenvalue weighted by atomic mass is 16.5. The quantitative estimate of drug-likeness (QED) is 0.750. The van der Waals surface area contributed by atoms with Gasteiger partial charge in [0.25, 0.3) is 0 Å². The van der Waals surface area contributed by atoms with E-state index in [1.165, 1.54) is 0 Å². The van der Waals surface area contributed by atoms with Gasteiger partial charge >= 0.3 is 0 Å². The van der Waals surface area contributed by atoms with Gasteiger partial charge in [0.05, 0.1) is 6.10 Å². The van der Waals surface area contributed by atoms with Crippen LogP contribution in [0.3, 0.4) is 0 Å². The summed E-state index contributed by atoms with van der Waals surface area (Å²) in [5.41, 5.74) is 0. The third kappa shape index (κ3) is 3.66. The molecule has 0 heterocycles. The van der Waals surface area contributed by atoms with Gasteiger partial charge in [-0.25, -0.2) is 0 Å². The standard InChI is InChI=1S/C11H21NO2/c1-3-4-11(13)12-9-5-7-10(14-2)8-6-9/h9-10H,3-8H2,1-2H3,(H,12,13). The molecule has 0 aromatic rings. The lowest BCUT2D eigenvalue weighted by molar-refractivity contribution is -0.122. The molecule has 82 valence electrons. The van der Waals surface area contributed by atoms with E-state index in [4.69, 9.17) is 4.74 Å². The summed E-state index contributed by atoms with van der Waals surface area (Å²) in [5.74, 6) is 0.202. The van der Waals surface area contributed by atoms with Crippen LogP contribution in [0.15, 0.2) is 0 Å². The molecule has 3 nitrogen and oxygen atoms in total. The van der Waals surface area contributed by atoms with E-state index in [0.717, 1.165) is 32.1 Å². The number of carbonyl (C=O) groups excluding carboxylic acids is 1. The molecule has 0 aromatic carbocycles. The molecule has 1 N–H and O–H groups in total. The van der Waals surface area contributed by atoms with Crippen molar-refractivity contribution in [1.82, 2.24) is 5.32 Å². The number of hydrogen-bond donors (Lipinski definition) is 1. The lowest BCUT2D eigenvalue weighted by atomic mass is 9.93. The highest BCUT2D eigenvalue weighted by Gasteiger charge is 2.21. The molecule has 0 aromatic heterocycles. The SMILES string of the molecule is CCCC(=O)NC1CCC(OC)CC1. The average molecular weight is 199 g/mol. The number of nitrogens with one attached hydrogen (secondary N) is 1. The Bertz CT molecular complexity index is 174. The molecule has 0 radical (unpaired) electrons. The van der Waals surface area contributed by atoms with Crippen molar-refractivity contribution < 1.29 is 9.53 Å². The van der Waals surface area contributed by atoms with Gasteiger partial charge in [-0.15, -0.1) is 0 Å². The van der Waals surface area contributed by atoms with E-state index in [1.807, 2.05) is 6.92 Å². The second-order valence-electron chi connectivity index (χ2n) is 4.03. The molecule has 0 aliphatic heterocycles. The first-order valence-electron chi connectivity index (χ1n) is 5.58. The second-order valence-corrected chi connectivity index (χ2v) is 4.03. The molecule has 1 amide bonds. The molecule has 1 fully saturated rings. The number of methoxy groups -OCH3 is 1. The topological polar surface area (TPSA) is 38.3 Å². The van der Waals surface area contributed by atoms with Crippen LogP contribution in [0.1, 0.15) is 45.4 Å². The highest BCUT2D eigenvalue weighted by Crippen LogP contribution is 2.20. The van der Waals surface area contributed by atoms with Gasteiger partial charge in [-0.05, 0) is 32.1 Å². The molecule has 1 rings (SSSR count). The molecular formula is C11H21NO2. The van der Waals surface area contributed by atoms with E-state index in [2.05, 4.69) is 5.32 Å². The van der Waals surface area contributed by atoms with E-state index in [9.17, 15) is 4.79 Å². The minimum Gasteiger partial charge on any atom is -0.381 e. The number of carbonyl (C=O) groups is 1. The molecule has 3 heteroatoms. The Hall–Kier alpha value is -0.570. The molecule has 0 unspecified atom stereocenters. The Kier molecular flexibility index (Phi) is 4.94. The van der Waals surface area contributed by atoms with Gasteiger partial charge in [-0.1, -0.05) is 6.92 Å².